The van der Waals surface area contributed by atoms with Crippen LogP contribution in [0.4, 0.5) is 0 Å². The average molecular weight is 466 g/mol. The number of nitrogens with zero attached hydrogens (tertiary/aromatic N) is 2. The van der Waals surface area contributed by atoms with Gasteiger partial charge in [0.2, 0.25) is 15.9 Å². The van der Waals surface area contributed by atoms with E-state index in [1.807, 2.05) is 19.2 Å². The second-order valence-corrected chi connectivity index (χ2v) is 10.5. The third-order valence-corrected chi connectivity index (χ3v) is 7.99. The highest BCUT2D eigenvalue weighted by Crippen LogP contribution is 2.21. The molecular formula is C21H27N3O5S2. The number of rotatable bonds is 7. The number of amides is 2. The molecule has 1 saturated heterocycles. The van der Waals surface area contributed by atoms with Crippen molar-refractivity contribution in [3.63, 3.8) is 0 Å². The van der Waals surface area contributed by atoms with E-state index in [9.17, 15) is 18.0 Å². The Hall–Kier alpha value is -2.43. The predicted octanol–water partition coefficient (Wildman–Crippen LogP) is 2.04. The van der Waals surface area contributed by atoms with Crippen molar-refractivity contribution in [2.24, 2.45) is 5.92 Å². The Kier molecular flexibility index (Phi) is 7.34. The molecule has 2 amide bonds. The SMILES string of the molecule is COc1ccc(S(=O)(=O)N2CCN(C(=O)[C@H](NC(=O)c3cccs3)C(C)C)CC2)cc1. The van der Waals surface area contributed by atoms with Gasteiger partial charge >= 0.3 is 0 Å². The number of piperazine rings is 1. The molecular weight excluding hydrogens is 438 g/mol. The van der Waals surface area contributed by atoms with Crippen LogP contribution in [0.5, 0.6) is 5.75 Å². The van der Waals surface area contributed by atoms with Crippen molar-refractivity contribution in [1.29, 1.82) is 0 Å². The van der Waals surface area contributed by atoms with Crippen LogP contribution in [0.1, 0.15) is 23.5 Å². The Balaban J connectivity index is 1.64. The molecule has 1 fully saturated rings. The fourth-order valence-corrected chi connectivity index (χ4v) is 5.43. The lowest BCUT2D eigenvalue weighted by Gasteiger charge is -2.36. The molecule has 1 aromatic heterocycles. The number of ether oxygens (including phenoxy) is 1. The summed E-state index contributed by atoms with van der Waals surface area (Å²) in [5.74, 6) is 0.0142. The lowest BCUT2D eigenvalue weighted by Crippen LogP contribution is -2.57. The lowest BCUT2D eigenvalue weighted by atomic mass is 10.0. The van der Waals surface area contributed by atoms with Gasteiger partial charge in [0.05, 0.1) is 16.9 Å². The number of nitrogens with one attached hydrogen (secondary N) is 1. The zero-order valence-electron chi connectivity index (χ0n) is 17.8. The van der Waals surface area contributed by atoms with Crippen molar-refractivity contribution in [1.82, 2.24) is 14.5 Å². The molecule has 0 unspecified atom stereocenters. The maximum absolute atomic E-state index is 13.1. The number of hydrogen-bond acceptors (Lipinski definition) is 6. The summed E-state index contributed by atoms with van der Waals surface area (Å²) in [5.41, 5.74) is 0. The van der Waals surface area contributed by atoms with Gasteiger partial charge in [0.1, 0.15) is 11.8 Å². The van der Waals surface area contributed by atoms with E-state index >= 15 is 0 Å². The number of carbonyl (C=O) groups is 2. The summed E-state index contributed by atoms with van der Waals surface area (Å²) in [5, 5.41) is 4.64. The lowest BCUT2D eigenvalue weighted by molar-refractivity contribution is -0.135. The summed E-state index contributed by atoms with van der Waals surface area (Å²) < 4.78 is 32.3. The zero-order chi connectivity index (χ0) is 22.6. The minimum absolute atomic E-state index is 0.0996. The minimum atomic E-state index is -3.65. The number of sulfonamides is 1. The van der Waals surface area contributed by atoms with E-state index in [1.165, 1.54) is 34.9 Å². The number of hydrogen-bond donors (Lipinski definition) is 1. The molecule has 31 heavy (non-hydrogen) atoms. The number of thiophene rings is 1. The maximum atomic E-state index is 13.1. The van der Waals surface area contributed by atoms with Crippen LogP contribution in [0.3, 0.4) is 0 Å². The molecule has 10 heteroatoms. The van der Waals surface area contributed by atoms with E-state index in [4.69, 9.17) is 4.74 Å². The van der Waals surface area contributed by atoms with E-state index < -0.39 is 16.1 Å². The molecule has 1 N–H and O–H groups in total. The molecule has 3 rings (SSSR count). The fourth-order valence-electron chi connectivity index (χ4n) is 3.38. The van der Waals surface area contributed by atoms with Gasteiger partial charge in [-0.3, -0.25) is 9.59 Å². The molecule has 168 valence electrons. The van der Waals surface area contributed by atoms with Crippen LogP contribution in [0.15, 0.2) is 46.7 Å². The van der Waals surface area contributed by atoms with Gasteiger partial charge in [-0.05, 0) is 41.6 Å². The number of carbonyl (C=O) groups excluding carboxylic acids is 2. The number of methoxy groups -OCH3 is 1. The third kappa shape index (κ3) is 5.25. The van der Waals surface area contributed by atoms with Crippen molar-refractivity contribution in [3.05, 3.63) is 46.7 Å². The van der Waals surface area contributed by atoms with E-state index in [0.29, 0.717) is 10.6 Å². The molecule has 0 bridgehead atoms. The van der Waals surface area contributed by atoms with Crippen molar-refractivity contribution in [3.8, 4) is 5.75 Å². The predicted molar refractivity (Wildman–Crippen MR) is 119 cm³/mol. The molecule has 1 atom stereocenters. The summed E-state index contributed by atoms with van der Waals surface area (Å²) in [6, 6.07) is 9.08. The average Bonchev–Trinajstić information content (AvgIpc) is 3.32. The summed E-state index contributed by atoms with van der Waals surface area (Å²) in [6.07, 6.45) is 0. The Morgan fingerprint density at radius 1 is 1.06 bits per heavy atom. The molecule has 1 aromatic carbocycles. The monoisotopic (exact) mass is 465 g/mol. The van der Waals surface area contributed by atoms with Gasteiger partial charge in [-0.25, -0.2) is 8.42 Å². The Morgan fingerprint density at radius 2 is 1.71 bits per heavy atom. The van der Waals surface area contributed by atoms with Crippen LogP contribution < -0.4 is 10.1 Å². The fraction of sp³-hybridized carbons (Fsp3) is 0.429. The van der Waals surface area contributed by atoms with Crippen LogP contribution in [0.25, 0.3) is 0 Å². The third-order valence-electron chi connectivity index (χ3n) is 5.21. The van der Waals surface area contributed by atoms with Gasteiger partial charge in [0.25, 0.3) is 5.91 Å². The van der Waals surface area contributed by atoms with E-state index in [1.54, 1.807) is 29.2 Å². The van der Waals surface area contributed by atoms with E-state index in [0.717, 1.165) is 0 Å². The van der Waals surface area contributed by atoms with Crippen molar-refractivity contribution >= 4 is 33.2 Å². The van der Waals surface area contributed by atoms with E-state index in [2.05, 4.69) is 5.32 Å². The van der Waals surface area contributed by atoms with Gasteiger partial charge in [-0.1, -0.05) is 19.9 Å². The quantitative estimate of drug-likeness (QED) is 0.675. The zero-order valence-corrected chi connectivity index (χ0v) is 19.4. The first-order valence-electron chi connectivity index (χ1n) is 10.0. The molecule has 0 radical (unpaired) electrons. The first kappa shape index (κ1) is 23.2. The first-order valence-corrected chi connectivity index (χ1v) is 12.3. The van der Waals surface area contributed by atoms with E-state index in [-0.39, 0.29) is 48.8 Å². The normalized spacial score (nSPS) is 16.2. The van der Waals surface area contributed by atoms with Crippen LogP contribution in [0, 0.1) is 5.92 Å². The first-order chi connectivity index (χ1) is 14.7. The van der Waals surface area contributed by atoms with Crippen molar-refractivity contribution < 1.29 is 22.7 Å². The smallest absolute Gasteiger partial charge is 0.262 e. The molecule has 0 spiro atoms. The topological polar surface area (TPSA) is 96.0 Å². The molecule has 0 aliphatic carbocycles. The highest BCUT2D eigenvalue weighted by molar-refractivity contribution is 7.89. The van der Waals surface area contributed by atoms with Crippen molar-refractivity contribution in [2.75, 3.05) is 33.3 Å². The Morgan fingerprint density at radius 3 is 2.23 bits per heavy atom. The Bertz CT molecular complexity index is 996. The molecule has 0 saturated carbocycles. The summed E-state index contributed by atoms with van der Waals surface area (Å²) >= 11 is 1.32. The van der Waals surface area contributed by atoms with Crippen LogP contribution in [0.2, 0.25) is 0 Å². The molecule has 8 nitrogen and oxygen atoms in total. The van der Waals surface area contributed by atoms with Gasteiger partial charge in [-0.2, -0.15) is 4.31 Å². The second kappa shape index (κ2) is 9.80. The highest BCUT2D eigenvalue weighted by atomic mass is 32.2. The minimum Gasteiger partial charge on any atom is -0.497 e. The molecule has 1 aliphatic rings. The molecule has 2 heterocycles. The van der Waals surface area contributed by atoms with Gasteiger partial charge in [0.15, 0.2) is 0 Å². The van der Waals surface area contributed by atoms with Gasteiger partial charge in [0, 0.05) is 26.2 Å². The molecule has 2 aromatic rings. The highest BCUT2D eigenvalue weighted by Gasteiger charge is 2.34. The molecule has 1 aliphatic heterocycles. The largest absolute Gasteiger partial charge is 0.497 e. The van der Waals surface area contributed by atoms with Gasteiger partial charge < -0.3 is 15.0 Å². The van der Waals surface area contributed by atoms with Crippen molar-refractivity contribution in [2.45, 2.75) is 24.8 Å². The Labute approximate surface area is 186 Å². The van der Waals surface area contributed by atoms with Gasteiger partial charge in [-0.15, -0.1) is 11.3 Å². The van der Waals surface area contributed by atoms with Crippen LogP contribution in [-0.4, -0.2) is 68.8 Å². The second-order valence-electron chi connectivity index (χ2n) is 7.58. The summed E-state index contributed by atoms with van der Waals surface area (Å²) in [6.45, 7) is 4.69. The van der Waals surface area contributed by atoms with Crippen LogP contribution in [-0.2, 0) is 14.8 Å². The summed E-state index contributed by atoms with van der Waals surface area (Å²) in [7, 11) is -2.13. The summed E-state index contributed by atoms with van der Waals surface area (Å²) in [4.78, 5) is 27.9. The standard InChI is InChI=1S/C21H27N3O5S2/c1-15(2)19(22-20(25)18-5-4-14-30-18)21(26)23-10-12-24(13-11-23)31(27,28)17-8-6-16(29-3)7-9-17/h4-9,14-15,19H,10-13H2,1-3H3,(H,22,25)/t19-/m1/s1. The maximum Gasteiger partial charge on any atom is 0.262 e. The van der Waals surface area contributed by atoms with Crippen LogP contribution >= 0.6 is 11.3 Å². The number of benzene rings is 1.